The molecule has 0 atom stereocenters. The molecule has 2 aromatic rings. The molecule has 0 amide bonds. The van der Waals surface area contributed by atoms with Gasteiger partial charge in [0, 0.05) is 45.6 Å². The van der Waals surface area contributed by atoms with E-state index in [1.54, 1.807) is 0 Å². The summed E-state index contributed by atoms with van der Waals surface area (Å²) < 4.78 is 27.5. The fourth-order valence-corrected chi connectivity index (χ4v) is 3.34. The largest absolute Gasteiger partial charge is 0.392 e. The summed E-state index contributed by atoms with van der Waals surface area (Å²) in [6, 6.07) is 13.0. The van der Waals surface area contributed by atoms with E-state index in [4.69, 9.17) is 0 Å². The quantitative estimate of drug-likeness (QED) is 0.492. The van der Waals surface area contributed by atoms with E-state index in [2.05, 4.69) is 6.07 Å². The van der Waals surface area contributed by atoms with Crippen LogP contribution < -0.4 is 4.90 Å². The molecule has 2 aromatic carbocycles. The average molecular weight is 362 g/mol. The molecule has 1 aliphatic rings. The van der Waals surface area contributed by atoms with Crippen molar-refractivity contribution in [1.29, 1.82) is 0 Å². The topological polar surface area (TPSA) is 3.24 Å². The number of aryl methyl sites for hydroxylation is 1. The molecule has 1 fully saturated rings. The summed E-state index contributed by atoms with van der Waals surface area (Å²) in [5.74, 6) is -0.733. The van der Waals surface area contributed by atoms with Crippen LogP contribution in [0.25, 0.3) is 0 Å². The van der Waals surface area contributed by atoms with Crippen molar-refractivity contribution in [3.63, 3.8) is 0 Å². The summed E-state index contributed by atoms with van der Waals surface area (Å²) in [5, 5.41) is 0. The molecule has 4 heteroatoms. The number of hydrogen-bond acceptors (Lipinski definition) is 1. The molecule has 0 N–H and O–H groups in total. The number of hydrogen-bond donors (Lipinski definition) is 0. The van der Waals surface area contributed by atoms with E-state index in [0.29, 0.717) is 11.6 Å². The second-order valence-corrected chi connectivity index (χ2v) is 6.46. The molecule has 126 valence electrons. The first kappa shape index (κ1) is 19.1. The van der Waals surface area contributed by atoms with Crippen LogP contribution in [0.1, 0.15) is 37.7 Å². The van der Waals surface area contributed by atoms with Crippen molar-refractivity contribution in [3.8, 4) is 0 Å². The van der Waals surface area contributed by atoms with Crippen LogP contribution in [0.4, 0.5) is 20.2 Å². The van der Waals surface area contributed by atoms with Crippen LogP contribution in [-0.4, -0.2) is 6.54 Å². The van der Waals surface area contributed by atoms with Gasteiger partial charge in [0.05, 0.1) is 0 Å². The van der Waals surface area contributed by atoms with Crippen molar-refractivity contribution in [1.82, 2.24) is 0 Å². The molecule has 1 saturated carbocycles. The Labute approximate surface area is 157 Å². The number of benzene rings is 2. The predicted octanol–water partition coefficient (Wildman–Crippen LogP) is 5.79. The zero-order valence-electron chi connectivity index (χ0n) is 14.0. The summed E-state index contributed by atoms with van der Waals surface area (Å²) in [6.07, 6.45) is 6.12. The number of nitrogens with zero attached hydrogens (tertiary/aromatic N) is 1. The van der Waals surface area contributed by atoms with E-state index < -0.39 is 11.6 Å². The van der Waals surface area contributed by atoms with Gasteiger partial charge in [-0.25, -0.2) is 8.78 Å². The van der Waals surface area contributed by atoms with Gasteiger partial charge in [-0.15, -0.1) is 18.2 Å². The maximum atomic E-state index is 14.3. The van der Waals surface area contributed by atoms with Crippen molar-refractivity contribution in [2.24, 2.45) is 5.92 Å². The van der Waals surface area contributed by atoms with E-state index in [-0.39, 0.29) is 21.7 Å². The maximum absolute atomic E-state index is 14.3. The third kappa shape index (κ3) is 4.67. The minimum atomic E-state index is -0.659. The van der Waals surface area contributed by atoms with E-state index in [1.165, 1.54) is 44.2 Å². The minimum Gasteiger partial charge on any atom is -0.392 e. The van der Waals surface area contributed by atoms with Gasteiger partial charge < -0.3 is 4.90 Å². The SMILES string of the molecule is Cc1ccc(N(CC2CCCCC2)c2ccc(F)[c-]c2F)cc1.[Ti]. The second-order valence-electron chi connectivity index (χ2n) is 6.46. The Morgan fingerprint density at radius 2 is 1.67 bits per heavy atom. The maximum Gasteiger partial charge on any atom is 0.0365 e. The minimum absolute atomic E-state index is 0. The predicted molar refractivity (Wildman–Crippen MR) is 90.0 cm³/mol. The van der Waals surface area contributed by atoms with Gasteiger partial charge in [0.15, 0.2) is 0 Å². The molecule has 24 heavy (non-hydrogen) atoms. The smallest absolute Gasteiger partial charge is 0.0365 e. The van der Waals surface area contributed by atoms with Gasteiger partial charge in [-0.2, -0.15) is 0 Å². The summed E-state index contributed by atoms with van der Waals surface area (Å²) >= 11 is 0. The fourth-order valence-electron chi connectivity index (χ4n) is 3.34. The van der Waals surface area contributed by atoms with Gasteiger partial charge in [0.1, 0.15) is 0 Å². The van der Waals surface area contributed by atoms with Crippen LogP contribution in [0, 0.1) is 30.5 Å². The molecule has 0 bridgehead atoms. The van der Waals surface area contributed by atoms with Crippen molar-refractivity contribution in [3.05, 3.63) is 59.7 Å². The molecule has 0 radical (unpaired) electrons. The van der Waals surface area contributed by atoms with E-state index >= 15 is 0 Å². The molecule has 0 unspecified atom stereocenters. The average Bonchev–Trinajstić information content (AvgIpc) is 2.55. The van der Waals surface area contributed by atoms with Gasteiger partial charge in [-0.3, -0.25) is 0 Å². The molecule has 3 rings (SSSR count). The molecule has 1 nitrogen and oxygen atoms in total. The normalized spacial score (nSPS) is 15.0. The Kier molecular flexibility index (Phi) is 7.00. The van der Waals surface area contributed by atoms with Gasteiger partial charge in [-0.05, 0) is 43.5 Å². The molecule has 0 aliphatic heterocycles. The first-order valence-corrected chi connectivity index (χ1v) is 8.35. The van der Waals surface area contributed by atoms with Crippen molar-refractivity contribution < 1.29 is 30.5 Å². The zero-order valence-corrected chi connectivity index (χ0v) is 15.5. The van der Waals surface area contributed by atoms with Gasteiger partial charge in [0.2, 0.25) is 0 Å². The van der Waals surface area contributed by atoms with Crippen molar-refractivity contribution in [2.45, 2.75) is 39.0 Å². The Hall–Kier alpha value is -1.19. The van der Waals surface area contributed by atoms with Crippen LogP contribution >= 0.6 is 0 Å². The van der Waals surface area contributed by atoms with E-state index in [1.807, 2.05) is 36.1 Å². The van der Waals surface area contributed by atoms with Crippen LogP contribution in [0.15, 0.2) is 36.4 Å². The zero-order chi connectivity index (χ0) is 16.2. The number of rotatable bonds is 4. The number of anilines is 2. The molecular formula is C20H22F2NTi-. The molecule has 0 heterocycles. The first-order valence-electron chi connectivity index (χ1n) is 8.35. The van der Waals surface area contributed by atoms with Gasteiger partial charge >= 0.3 is 0 Å². The van der Waals surface area contributed by atoms with E-state index in [0.717, 1.165) is 17.8 Å². The molecule has 0 aromatic heterocycles. The fraction of sp³-hybridized carbons (Fsp3) is 0.400. The molecule has 1 aliphatic carbocycles. The standard InChI is InChI=1S/C20H22F2N.Ti/c1-15-7-10-18(11-8-15)23(14-16-5-3-2-4-6-16)20-12-9-17(21)13-19(20)22;/h7-12,16H,2-6,14H2,1H3;/q-1;. The van der Waals surface area contributed by atoms with Gasteiger partial charge in [-0.1, -0.05) is 37.0 Å². The van der Waals surface area contributed by atoms with Crippen molar-refractivity contribution in [2.75, 3.05) is 11.4 Å². The summed E-state index contributed by atoms with van der Waals surface area (Å²) in [5.41, 5.74) is 2.51. The number of halogens is 2. The Morgan fingerprint density at radius 3 is 2.29 bits per heavy atom. The summed E-state index contributed by atoms with van der Waals surface area (Å²) in [6.45, 7) is 2.79. The molecule has 0 saturated heterocycles. The third-order valence-electron chi connectivity index (χ3n) is 4.64. The molecule has 0 spiro atoms. The summed E-state index contributed by atoms with van der Waals surface area (Å²) in [4.78, 5) is 1.97. The van der Waals surface area contributed by atoms with Gasteiger partial charge in [0.25, 0.3) is 0 Å². The Bertz CT molecular complexity index is 651. The molecular weight excluding hydrogens is 340 g/mol. The van der Waals surface area contributed by atoms with Crippen LogP contribution in [-0.2, 0) is 21.7 Å². The van der Waals surface area contributed by atoms with E-state index in [9.17, 15) is 8.78 Å². The van der Waals surface area contributed by atoms with Crippen LogP contribution in [0.2, 0.25) is 0 Å². The van der Waals surface area contributed by atoms with Crippen molar-refractivity contribution >= 4 is 11.4 Å². The van der Waals surface area contributed by atoms with Crippen LogP contribution in [0.3, 0.4) is 0 Å². The monoisotopic (exact) mass is 362 g/mol. The Morgan fingerprint density at radius 1 is 1.00 bits per heavy atom. The second kappa shape index (κ2) is 8.78. The van der Waals surface area contributed by atoms with Crippen LogP contribution in [0.5, 0.6) is 0 Å². The first-order chi connectivity index (χ1) is 11.1. The Balaban J connectivity index is 0.00000208. The third-order valence-corrected chi connectivity index (χ3v) is 4.64. The summed E-state index contributed by atoms with van der Waals surface area (Å²) in [7, 11) is 0.